The number of aromatic nitrogens is 2. The summed E-state index contributed by atoms with van der Waals surface area (Å²) in [6.07, 6.45) is 1.51. The van der Waals surface area contributed by atoms with Crippen molar-refractivity contribution in [1.82, 2.24) is 9.78 Å². The molecule has 116 valence electrons. The molecule has 1 N–H and O–H groups in total. The summed E-state index contributed by atoms with van der Waals surface area (Å²) in [5, 5.41) is 3.83. The van der Waals surface area contributed by atoms with E-state index in [2.05, 4.69) is 10.1 Å². The number of aliphatic imine (C=N–C) groups is 1. The molecule has 0 unspecified atom stereocenters. The number of H-pyrrole nitrogens is 1. The minimum Gasteiger partial charge on any atom is -0.295 e. The Morgan fingerprint density at radius 2 is 1.83 bits per heavy atom. The van der Waals surface area contributed by atoms with Crippen LogP contribution in [0.15, 0.2) is 58.3 Å². The van der Waals surface area contributed by atoms with Gasteiger partial charge in [0.1, 0.15) is 0 Å². The maximum Gasteiger partial charge on any atom is 0.280 e. The van der Waals surface area contributed by atoms with Crippen molar-refractivity contribution in [2.75, 3.05) is 0 Å². The molecule has 0 saturated carbocycles. The summed E-state index contributed by atoms with van der Waals surface area (Å²) in [4.78, 5) is 16.8. The van der Waals surface area contributed by atoms with Crippen LogP contribution in [0.1, 0.15) is 11.3 Å². The highest BCUT2D eigenvalue weighted by Gasteiger charge is 2.11. The summed E-state index contributed by atoms with van der Waals surface area (Å²) in [6.45, 7) is 1.82. The highest BCUT2D eigenvalue weighted by Crippen LogP contribution is 2.31. The van der Waals surface area contributed by atoms with Gasteiger partial charge in [-0.05, 0) is 31.2 Å². The summed E-state index contributed by atoms with van der Waals surface area (Å²) in [7, 11) is 0. The third kappa shape index (κ3) is 3.09. The lowest BCUT2D eigenvalue weighted by Gasteiger charge is -1.99. The Morgan fingerprint density at radius 3 is 2.57 bits per heavy atom. The molecule has 0 bridgehead atoms. The first-order valence-corrected chi connectivity index (χ1v) is 7.68. The van der Waals surface area contributed by atoms with E-state index in [-0.39, 0.29) is 5.56 Å². The second-order valence-electron chi connectivity index (χ2n) is 4.96. The van der Waals surface area contributed by atoms with Gasteiger partial charge in [0.05, 0.1) is 27.0 Å². The fourth-order valence-corrected chi connectivity index (χ4v) is 2.54. The van der Waals surface area contributed by atoms with Crippen molar-refractivity contribution < 1.29 is 0 Å². The Kier molecular flexibility index (Phi) is 4.37. The number of hydrogen-bond acceptors (Lipinski definition) is 2. The van der Waals surface area contributed by atoms with Crippen molar-refractivity contribution in [1.29, 1.82) is 0 Å². The topological polar surface area (TPSA) is 50.1 Å². The molecule has 2 aromatic carbocycles. The van der Waals surface area contributed by atoms with E-state index in [1.165, 1.54) is 10.9 Å². The highest BCUT2D eigenvalue weighted by atomic mass is 35.5. The van der Waals surface area contributed by atoms with E-state index in [1.807, 2.05) is 37.3 Å². The molecule has 0 atom stereocenters. The van der Waals surface area contributed by atoms with Gasteiger partial charge in [0.25, 0.3) is 5.56 Å². The molecular formula is C17H13Cl2N3O. The van der Waals surface area contributed by atoms with Crippen molar-refractivity contribution in [3.05, 3.63) is 80.2 Å². The van der Waals surface area contributed by atoms with Crippen LogP contribution in [0.4, 0.5) is 5.69 Å². The van der Waals surface area contributed by atoms with E-state index >= 15 is 0 Å². The van der Waals surface area contributed by atoms with Gasteiger partial charge in [-0.1, -0.05) is 47.5 Å². The molecule has 3 rings (SSSR count). The molecule has 0 spiro atoms. The average molecular weight is 346 g/mol. The quantitative estimate of drug-likeness (QED) is 0.696. The first-order chi connectivity index (χ1) is 11.1. The van der Waals surface area contributed by atoms with Crippen molar-refractivity contribution in [2.24, 2.45) is 4.99 Å². The fraction of sp³-hybridized carbons (Fsp3) is 0.0588. The van der Waals surface area contributed by atoms with Gasteiger partial charge in [-0.3, -0.25) is 14.9 Å². The second-order valence-corrected chi connectivity index (χ2v) is 5.74. The average Bonchev–Trinajstić information content (AvgIpc) is 2.84. The smallest absolute Gasteiger partial charge is 0.280 e. The van der Waals surface area contributed by atoms with E-state index in [0.717, 1.165) is 11.4 Å². The van der Waals surface area contributed by atoms with Crippen molar-refractivity contribution in [3.63, 3.8) is 0 Å². The van der Waals surface area contributed by atoms with Gasteiger partial charge in [0.15, 0.2) is 0 Å². The molecule has 3 aromatic rings. The number of nitrogens with zero attached hydrogens (tertiary/aromatic N) is 2. The van der Waals surface area contributed by atoms with Crippen LogP contribution in [-0.2, 0) is 0 Å². The molecule has 0 aliphatic carbocycles. The van der Waals surface area contributed by atoms with Gasteiger partial charge in [0.2, 0.25) is 0 Å². The molecule has 0 amide bonds. The third-order valence-corrected chi connectivity index (χ3v) is 4.20. The number of para-hydroxylation sites is 1. The Bertz CT molecular complexity index is 927. The van der Waals surface area contributed by atoms with Gasteiger partial charge in [-0.25, -0.2) is 4.68 Å². The zero-order valence-electron chi connectivity index (χ0n) is 12.3. The molecule has 0 fully saturated rings. The molecule has 0 radical (unpaired) electrons. The third-order valence-electron chi connectivity index (χ3n) is 3.40. The zero-order chi connectivity index (χ0) is 16.4. The van der Waals surface area contributed by atoms with E-state index in [1.54, 1.807) is 18.2 Å². The molecule has 1 heterocycles. The molecule has 0 saturated heterocycles. The van der Waals surface area contributed by atoms with E-state index < -0.39 is 0 Å². The van der Waals surface area contributed by atoms with Crippen LogP contribution >= 0.6 is 23.2 Å². The number of nitrogens with one attached hydrogen (secondary N) is 1. The predicted octanol–water partition coefficient (Wildman–Crippen LogP) is 4.53. The van der Waals surface area contributed by atoms with Crippen LogP contribution in [0.3, 0.4) is 0 Å². The van der Waals surface area contributed by atoms with Crippen LogP contribution < -0.4 is 5.56 Å². The van der Waals surface area contributed by atoms with Gasteiger partial charge >= 0.3 is 0 Å². The van der Waals surface area contributed by atoms with Gasteiger partial charge < -0.3 is 0 Å². The maximum absolute atomic E-state index is 12.5. The minimum absolute atomic E-state index is 0.171. The molecule has 4 nitrogen and oxygen atoms in total. The summed E-state index contributed by atoms with van der Waals surface area (Å²) in [6, 6.07) is 14.5. The molecule has 6 heteroatoms. The largest absolute Gasteiger partial charge is 0.295 e. The first-order valence-electron chi connectivity index (χ1n) is 6.93. The standard InChI is InChI=1S/C17H13Cl2N3O/c1-11-13(10-20-15-9-5-8-14(18)16(15)19)17(23)22(21-11)12-6-3-2-4-7-12/h2-10,21H,1H3. The summed E-state index contributed by atoms with van der Waals surface area (Å²) < 4.78 is 1.48. The Balaban J connectivity index is 2.02. The number of halogens is 2. The van der Waals surface area contributed by atoms with Crippen molar-refractivity contribution in [3.8, 4) is 5.69 Å². The van der Waals surface area contributed by atoms with Crippen LogP contribution in [0.5, 0.6) is 0 Å². The molecule has 0 aliphatic rings. The SMILES string of the molecule is Cc1[nH]n(-c2ccccc2)c(=O)c1C=Nc1cccc(Cl)c1Cl. The first kappa shape index (κ1) is 15.6. The van der Waals surface area contributed by atoms with E-state index in [9.17, 15) is 4.79 Å². The Morgan fingerprint density at radius 1 is 1.09 bits per heavy atom. The number of rotatable bonds is 3. The Labute approximate surface area is 143 Å². The number of hydrogen-bond donors (Lipinski definition) is 1. The molecular weight excluding hydrogens is 333 g/mol. The molecule has 1 aromatic heterocycles. The van der Waals surface area contributed by atoms with Gasteiger partial charge in [0, 0.05) is 11.9 Å². The van der Waals surface area contributed by atoms with Crippen LogP contribution in [0.25, 0.3) is 5.69 Å². The van der Waals surface area contributed by atoms with Crippen molar-refractivity contribution >= 4 is 35.1 Å². The number of benzene rings is 2. The lowest BCUT2D eigenvalue weighted by molar-refractivity contribution is 0.835. The lowest BCUT2D eigenvalue weighted by Crippen LogP contribution is -2.17. The lowest BCUT2D eigenvalue weighted by atomic mass is 10.2. The van der Waals surface area contributed by atoms with Crippen LogP contribution in [0.2, 0.25) is 10.0 Å². The van der Waals surface area contributed by atoms with Crippen molar-refractivity contribution in [2.45, 2.75) is 6.92 Å². The summed E-state index contributed by atoms with van der Waals surface area (Å²) >= 11 is 12.1. The van der Waals surface area contributed by atoms with Gasteiger partial charge in [-0.15, -0.1) is 0 Å². The minimum atomic E-state index is -0.171. The van der Waals surface area contributed by atoms with E-state index in [4.69, 9.17) is 23.2 Å². The normalized spacial score (nSPS) is 11.3. The summed E-state index contributed by atoms with van der Waals surface area (Å²) in [5.41, 5.74) is 2.31. The maximum atomic E-state index is 12.5. The summed E-state index contributed by atoms with van der Waals surface area (Å²) in [5.74, 6) is 0. The van der Waals surface area contributed by atoms with Crippen LogP contribution in [-0.4, -0.2) is 16.0 Å². The number of aryl methyl sites for hydroxylation is 1. The zero-order valence-corrected chi connectivity index (χ0v) is 13.8. The fourth-order valence-electron chi connectivity index (χ4n) is 2.20. The molecule has 0 aliphatic heterocycles. The second kappa shape index (κ2) is 6.44. The Hall–Kier alpha value is -2.30. The van der Waals surface area contributed by atoms with E-state index in [0.29, 0.717) is 21.3 Å². The molecule has 23 heavy (non-hydrogen) atoms. The van der Waals surface area contributed by atoms with Gasteiger partial charge in [-0.2, -0.15) is 0 Å². The predicted molar refractivity (Wildman–Crippen MR) is 94.8 cm³/mol. The highest BCUT2D eigenvalue weighted by molar-refractivity contribution is 6.43. The monoisotopic (exact) mass is 345 g/mol. The number of aromatic amines is 1. The van der Waals surface area contributed by atoms with Crippen LogP contribution in [0, 0.1) is 6.92 Å².